The molecule has 1 aromatic heterocycles. The number of amides is 2. The lowest BCUT2D eigenvalue weighted by atomic mass is 10.1. The van der Waals surface area contributed by atoms with Gasteiger partial charge in [-0.25, -0.2) is 4.79 Å². The van der Waals surface area contributed by atoms with Crippen LogP contribution in [0.3, 0.4) is 0 Å². The van der Waals surface area contributed by atoms with Gasteiger partial charge in [0.2, 0.25) is 17.6 Å². The Morgan fingerprint density at radius 1 is 1.07 bits per heavy atom. The molecule has 29 heavy (non-hydrogen) atoms. The molecule has 156 valence electrons. The van der Waals surface area contributed by atoms with E-state index in [9.17, 15) is 9.59 Å². The van der Waals surface area contributed by atoms with Gasteiger partial charge in [-0.2, -0.15) is 4.98 Å². The smallest absolute Gasteiger partial charge is 0.410 e. The summed E-state index contributed by atoms with van der Waals surface area (Å²) in [4.78, 5) is 32.3. The van der Waals surface area contributed by atoms with Crippen LogP contribution in [0.1, 0.15) is 38.6 Å². The topological polar surface area (TPSA) is 88.8 Å². The lowest BCUT2D eigenvalue weighted by molar-refractivity contribution is -0.132. The molecule has 2 amide bonds. The summed E-state index contributed by atoms with van der Waals surface area (Å²) >= 11 is 0. The monoisotopic (exact) mass is 400 g/mol. The van der Waals surface area contributed by atoms with E-state index in [0.29, 0.717) is 50.7 Å². The van der Waals surface area contributed by atoms with Crippen LogP contribution in [0.5, 0.6) is 0 Å². The van der Waals surface area contributed by atoms with Gasteiger partial charge < -0.3 is 19.1 Å². The van der Waals surface area contributed by atoms with Crippen LogP contribution in [0, 0.1) is 6.92 Å². The Labute approximate surface area is 170 Å². The number of piperazine rings is 1. The van der Waals surface area contributed by atoms with Crippen LogP contribution >= 0.6 is 0 Å². The van der Waals surface area contributed by atoms with Crippen molar-refractivity contribution in [1.82, 2.24) is 19.9 Å². The molecule has 0 saturated carbocycles. The first-order valence-corrected chi connectivity index (χ1v) is 9.86. The Morgan fingerprint density at radius 2 is 1.69 bits per heavy atom. The summed E-state index contributed by atoms with van der Waals surface area (Å²) in [5.41, 5.74) is 1.45. The predicted molar refractivity (Wildman–Crippen MR) is 107 cm³/mol. The molecule has 8 nitrogen and oxygen atoms in total. The number of hydrogen-bond donors (Lipinski definition) is 0. The van der Waals surface area contributed by atoms with Crippen molar-refractivity contribution < 1.29 is 18.8 Å². The zero-order chi connectivity index (χ0) is 21.0. The van der Waals surface area contributed by atoms with Gasteiger partial charge >= 0.3 is 6.09 Å². The molecule has 8 heteroatoms. The Bertz CT molecular complexity index is 846. The SMILES string of the molecule is Cc1nc(-c2ccc(CCC(=O)N3CCN(C(=O)OC(C)(C)C)CC3)cc2)no1. The summed E-state index contributed by atoms with van der Waals surface area (Å²) in [7, 11) is 0. The summed E-state index contributed by atoms with van der Waals surface area (Å²) in [6, 6.07) is 7.83. The molecule has 0 atom stereocenters. The van der Waals surface area contributed by atoms with Gasteiger partial charge in [-0.1, -0.05) is 29.4 Å². The average molecular weight is 400 g/mol. The third-order valence-electron chi connectivity index (χ3n) is 4.65. The number of carbonyl (C=O) groups is 2. The van der Waals surface area contributed by atoms with Crippen LogP contribution in [0.25, 0.3) is 11.4 Å². The van der Waals surface area contributed by atoms with E-state index in [1.54, 1.807) is 11.8 Å². The molecule has 0 bridgehead atoms. The molecule has 1 saturated heterocycles. The molecule has 2 heterocycles. The number of rotatable bonds is 4. The highest BCUT2D eigenvalue weighted by Gasteiger charge is 2.27. The first kappa shape index (κ1) is 20.8. The van der Waals surface area contributed by atoms with Gasteiger partial charge in [0.25, 0.3) is 0 Å². The van der Waals surface area contributed by atoms with Crippen molar-refractivity contribution in [3.63, 3.8) is 0 Å². The third-order valence-corrected chi connectivity index (χ3v) is 4.65. The van der Waals surface area contributed by atoms with Crippen LogP contribution in [0.4, 0.5) is 4.79 Å². The van der Waals surface area contributed by atoms with Crippen LogP contribution in [-0.4, -0.2) is 63.7 Å². The van der Waals surface area contributed by atoms with Crippen LogP contribution in [0.2, 0.25) is 0 Å². The van der Waals surface area contributed by atoms with E-state index in [-0.39, 0.29) is 12.0 Å². The zero-order valence-electron chi connectivity index (χ0n) is 17.5. The lowest BCUT2D eigenvalue weighted by Crippen LogP contribution is -2.51. The number of aryl methyl sites for hydroxylation is 2. The second-order valence-electron chi connectivity index (χ2n) is 8.18. The highest BCUT2D eigenvalue weighted by molar-refractivity contribution is 5.77. The molecule has 0 aliphatic carbocycles. The molecule has 0 unspecified atom stereocenters. The second-order valence-corrected chi connectivity index (χ2v) is 8.18. The maximum absolute atomic E-state index is 12.5. The minimum absolute atomic E-state index is 0.103. The third kappa shape index (κ3) is 5.79. The van der Waals surface area contributed by atoms with E-state index in [1.807, 2.05) is 49.9 Å². The van der Waals surface area contributed by atoms with Crippen molar-refractivity contribution >= 4 is 12.0 Å². The van der Waals surface area contributed by atoms with E-state index >= 15 is 0 Å². The van der Waals surface area contributed by atoms with Gasteiger partial charge in [-0.05, 0) is 32.8 Å². The molecule has 1 aliphatic rings. The Kier molecular flexibility index (Phi) is 6.20. The van der Waals surface area contributed by atoms with Gasteiger partial charge in [0.1, 0.15) is 5.60 Å². The van der Waals surface area contributed by atoms with Crippen LogP contribution < -0.4 is 0 Å². The summed E-state index contributed by atoms with van der Waals surface area (Å²) < 4.78 is 10.4. The Morgan fingerprint density at radius 3 is 2.24 bits per heavy atom. The van der Waals surface area contributed by atoms with Crippen molar-refractivity contribution in [2.24, 2.45) is 0 Å². The quantitative estimate of drug-likeness (QED) is 0.784. The lowest BCUT2D eigenvalue weighted by Gasteiger charge is -2.35. The average Bonchev–Trinajstić information content (AvgIpc) is 3.11. The largest absolute Gasteiger partial charge is 0.444 e. The zero-order valence-corrected chi connectivity index (χ0v) is 17.5. The fourth-order valence-electron chi connectivity index (χ4n) is 3.11. The Balaban J connectivity index is 1.45. The fourth-order valence-corrected chi connectivity index (χ4v) is 3.11. The van der Waals surface area contributed by atoms with Gasteiger partial charge in [-0.3, -0.25) is 4.79 Å². The van der Waals surface area contributed by atoms with Crippen LogP contribution in [0.15, 0.2) is 28.8 Å². The molecule has 0 radical (unpaired) electrons. The van der Waals surface area contributed by atoms with Crippen LogP contribution in [-0.2, 0) is 16.0 Å². The molecular weight excluding hydrogens is 372 g/mol. The van der Waals surface area contributed by atoms with Crippen molar-refractivity contribution in [2.75, 3.05) is 26.2 Å². The van der Waals surface area contributed by atoms with Crippen molar-refractivity contribution in [3.05, 3.63) is 35.7 Å². The summed E-state index contributed by atoms with van der Waals surface area (Å²) in [6.45, 7) is 9.37. The van der Waals surface area contributed by atoms with E-state index in [0.717, 1.165) is 11.1 Å². The van der Waals surface area contributed by atoms with Crippen molar-refractivity contribution in [3.8, 4) is 11.4 Å². The van der Waals surface area contributed by atoms with E-state index in [4.69, 9.17) is 9.26 Å². The minimum atomic E-state index is -0.512. The second kappa shape index (κ2) is 8.63. The molecule has 1 fully saturated rings. The maximum Gasteiger partial charge on any atom is 0.410 e. The summed E-state index contributed by atoms with van der Waals surface area (Å²) in [5, 5.41) is 3.91. The first-order valence-electron chi connectivity index (χ1n) is 9.86. The number of aromatic nitrogens is 2. The maximum atomic E-state index is 12.5. The molecule has 3 rings (SSSR count). The number of ether oxygens (including phenoxy) is 1. The number of nitrogens with zero attached hydrogens (tertiary/aromatic N) is 4. The number of benzene rings is 1. The summed E-state index contributed by atoms with van der Waals surface area (Å²) in [5.74, 6) is 1.20. The highest BCUT2D eigenvalue weighted by Crippen LogP contribution is 2.18. The molecule has 1 aliphatic heterocycles. The normalized spacial score (nSPS) is 14.8. The molecular formula is C21H28N4O4. The Hall–Kier alpha value is -2.90. The minimum Gasteiger partial charge on any atom is -0.444 e. The summed E-state index contributed by atoms with van der Waals surface area (Å²) in [6.07, 6.45) is 0.783. The molecule has 2 aromatic rings. The number of carbonyl (C=O) groups excluding carboxylic acids is 2. The van der Waals surface area contributed by atoms with E-state index in [1.165, 1.54) is 0 Å². The van der Waals surface area contributed by atoms with Gasteiger partial charge in [-0.15, -0.1) is 0 Å². The molecule has 0 N–H and O–H groups in total. The molecule has 1 aromatic carbocycles. The van der Waals surface area contributed by atoms with E-state index in [2.05, 4.69) is 10.1 Å². The number of hydrogen-bond acceptors (Lipinski definition) is 6. The standard InChI is InChI=1S/C21H28N4O4/c1-15-22-19(23-29-15)17-8-5-16(6-9-17)7-10-18(26)24-11-13-25(14-12-24)20(27)28-21(2,3)4/h5-6,8-9H,7,10-14H2,1-4H3. The highest BCUT2D eigenvalue weighted by atomic mass is 16.6. The van der Waals surface area contributed by atoms with Gasteiger partial charge in [0, 0.05) is 45.1 Å². The van der Waals surface area contributed by atoms with Crippen molar-refractivity contribution in [1.29, 1.82) is 0 Å². The predicted octanol–water partition coefficient (Wildman–Crippen LogP) is 3.06. The molecule has 0 spiro atoms. The van der Waals surface area contributed by atoms with Crippen molar-refractivity contribution in [2.45, 2.75) is 46.1 Å². The van der Waals surface area contributed by atoms with E-state index < -0.39 is 5.60 Å². The van der Waals surface area contributed by atoms with Gasteiger partial charge in [0.05, 0.1) is 0 Å². The van der Waals surface area contributed by atoms with Gasteiger partial charge in [0.15, 0.2) is 0 Å². The fraction of sp³-hybridized carbons (Fsp3) is 0.524. The first-order chi connectivity index (χ1) is 13.7.